The Morgan fingerprint density at radius 1 is 0.588 bits per heavy atom. The molecule has 0 bridgehead atoms. The Morgan fingerprint density at radius 2 is 0.971 bits per heavy atom. The van der Waals surface area contributed by atoms with Gasteiger partial charge >= 0.3 is 11.9 Å². The highest BCUT2D eigenvalue weighted by molar-refractivity contribution is 5.86. The van der Waals surface area contributed by atoms with Crippen LogP contribution in [0.5, 0.6) is 0 Å². The molecule has 0 aromatic heterocycles. The monoisotopic (exact) mass is 484 g/mol. The predicted octanol–water partition coefficient (Wildman–Crippen LogP) is 3.98. The van der Waals surface area contributed by atoms with Crippen LogP contribution in [-0.2, 0) is 24.0 Å². The summed E-state index contributed by atoms with van der Waals surface area (Å²) in [5.41, 5.74) is 0. The SMILES string of the molecule is CCCCCCCCCCCCCC(=O)N[C@H](CCC(=O)NC(CCC(C)=O)C(=O)O)C(=O)O. The molecule has 0 aromatic rings. The quantitative estimate of drug-likeness (QED) is 0.170. The molecule has 34 heavy (non-hydrogen) atoms. The number of unbranched alkanes of at least 4 members (excludes halogenated alkanes) is 10. The van der Waals surface area contributed by atoms with Gasteiger partial charge < -0.3 is 25.6 Å². The lowest BCUT2D eigenvalue weighted by Gasteiger charge is -2.16. The second-order valence-corrected chi connectivity index (χ2v) is 8.98. The standard InChI is InChI=1S/C25H44N2O7/c1-3-4-5-6-7-8-9-10-11-12-13-14-22(29)26-21(25(33)34)17-18-23(30)27-20(24(31)32)16-15-19(2)28/h20-21H,3-18H2,1-2H3,(H,26,29)(H,27,30)(H,31,32)(H,33,34)/t20?,21-/m1/s1. The van der Waals surface area contributed by atoms with Crippen LogP contribution < -0.4 is 10.6 Å². The first-order valence-corrected chi connectivity index (χ1v) is 12.7. The van der Waals surface area contributed by atoms with Crippen LogP contribution in [0.2, 0.25) is 0 Å². The van der Waals surface area contributed by atoms with Crippen molar-refractivity contribution in [3.05, 3.63) is 0 Å². The fourth-order valence-electron chi connectivity index (χ4n) is 3.62. The van der Waals surface area contributed by atoms with Crippen LogP contribution in [-0.4, -0.2) is 51.8 Å². The summed E-state index contributed by atoms with van der Waals surface area (Å²) in [7, 11) is 0. The van der Waals surface area contributed by atoms with Gasteiger partial charge in [-0.2, -0.15) is 0 Å². The number of carbonyl (C=O) groups excluding carboxylic acids is 3. The molecule has 0 spiro atoms. The summed E-state index contributed by atoms with van der Waals surface area (Å²) in [6.07, 6.45) is 12.6. The molecular formula is C25H44N2O7. The average Bonchev–Trinajstić information content (AvgIpc) is 2.77. The molecule has 0 fully saturated rings. The Labute approximate surface area is 203 Å². The summed E-state index contributed by atoms with van der Waals surface area (Å²) in [5, 5.41) is 23.2. The van der Waals surface area contributed by atoms with E-state index in [1.165, 1.54) is 51.9 Å². The van der Waals surface area contributed by atoms with Gasteiger partial charge in [-0.3, -0.25) is 9.59 Å². The van der Waals surface area contributed by atoms with Gasteiger partial charge in [0.25, 0.3) is 0 Å². The van der Waals surface area contributed by atoms with Crippen LogP contribution in [0.3, 0.4) is 0 Å². The van der Waals surface area contributed by atoms with E-state index in [0.29, 0.717) is 6.42 Å². The van der Waals surface area contributed by atoms with Crippen molar-refractivity contribution in [2.75, 3.05) is 0 Å². The number of carboxylic acids is 2. The van der Waals surface area contributed by atoms with Crippen LogP contribution in [0.1, 0.15) is 117 Å². The molecule has 0 aliphatic carbocycles. The van der Waals surface area contributed by atoms with Crippen molar-refractivity contribution in [2.45, 2.75) is 129 Å². The van der Waals surface area contributed by atoms with Crippen LogP contribution in [0.4, 0.5) is 0 Å². The van der Waals surface area contributed by atoms with Crippen molar-refractivity contribution in [1.29, 1.82) is 0 Å². The molecule has 9 nitrogen and oxygen atoms in total. The molecular weight excluding hydrogens is 440 g/mol. The van der Waals surface area contributed by atoms with Crippen molar-refractivity contribution in [1.82, 2.24) is 10.6 Å². The molecule has 9 heteroatoms. The maximum atomic E-state index is 12.1. The minimum atomic E-state index is -1.26. The van der Waals surface area contributed by atoms with Gasteiger partial charge in [-0.05, 0) is 26.2 Å². The van der Waals surface area contributed by atoms with E-state index in [-0.39, 0.29) is 43.8 Å². The van der Waals surface area contributed by atoms with Gasteiger partial charge in [0.05, 0.1) is 0 Å². The molecule has 0 aliphatic heterocycles. The highest BCUT2D eigenvalue weighted by Gasteiger charge is 2.24. The van der Waals surface area contributed by atoms with Crippen molar-refractivity contribution in [3.8, 4) is 0 Å². The number of nitrogens with one attached hydrogen (secondary N) is 2. The number of amides is 2. The van der Waals surface area contributed by atoms with Gasteiger partial charge in [0, 0.05) is 19.3 Å². The predicted molar refractivity (Wildman–Crippen MR) is 129 cm³/mol. The van der Waals surface area contributed by atoms with E-state index in [1.54, 1.807) is 0 Å². The number of ketones is 1. The average molecular weight is 485 g/mol. The number of hydrogen-bond donors (Lipinski definition) is 4. The molecule has 0 aliphatic rings. The molecule has 0 heterocycles. The summed E-state index contributed by atoms with van der Waals surface area (Å²) >= 11 is 0. The topological polar surface area (TPSA) is 150 Å². The summed E-state index contributed by atoms with van der Waals surface area (Å²) in [5.74, 6) is -3.70. The van der Waals surface area contributed by atoms with E-state index < -0.39 is 29.9 Å². The van der Waals surface area contributed by atoms with E-state index in [9.17, 15) is 29.1 Å². The maximum absolute atomic E-state index is 12.1. The Bertz CT molecular complexity index is 637. The Balaban J connectivity index is 4.10. The zero-order valence-electron chi connectivity index (χ0n) is 20.9. The summed E-state index contributed by atoms with van der Waals surface area (Å²) in [6, 6.07) is -2.43. The van der Waals surface area contributed by atoms with Gasteiger partial charge in [0.15, 0.2) is 0 Å². The molecule has 0 rings (SSSR count). The number of hydrogen-bond acceptors (Lipinski definition) is 5. The van der Waals surface area contributed by atoms with Crippen molar-refractivity contribution < 1.29 is 34.2 Å². The lowest BCUT2D eigenvalue weighted by molar-refractivity contribution is -0.143. The van der Waals surface area contributed by atoms with Crippen LogP contribution in [0.25, 0.3) is 0 Å². The van der Waals surface area contributed by atoms with E-state index >= 15 is 0 Å². The lowest BCUT2D eigenvalue weighted by atomic mass is 10.0. The van der Waals surface area contributed by atoms with E-state index in [4.69, 9.17) is 5.11 Å². The van der Waals surface area contributed by atoms with Gasteiger partial charge in [-0.15, -0.1) is 0 Å². The number of Topliss-reactive ketones (excluding diaryl/α,β-unsaturated/α-hetero) is 1. The molecule has 2 atom stereocenters. The zero-order chi connectivity index (χ0) is 25.8. The maximum Gasteiger partial charge on any atom is 0.326 e. The van der Waals surface area contributed by atoms with Gasteiger partial charge in [0.1, 0.15) is 17.9 Å². The fraction of sp³-hybridized carbons (Fsp3) is 0.800. The van der Waals surface area contributed by atoms with E-state index in [0.717, 1.165) is 19.3 Å². The summed E-state index contributed by atoms with van der Waals surface area (Å²) in [6.45, 7) is 3.54. The summed E-state index contributed by atoms with van der Waals surface area (Å²) < 4.78 is 0. The molecule has 1 unspecified atom stereocenters. The minimum Gasteiger partial charge on any atom is -0.480 e. The first-order valence-electron chi connectivity index (χ1n) is 12.7. The Kier molecular flexibility index (Phi) is 18.5. The fourth-order valence-corrected chi connectivity index (χ4v) is 3.62. The highest BCUT2D eigenvalue weighted by Crippen LogP contribution is 2.12. The van der Waals surface area contributed by atoms with E-state index in [1.807, 2.05) is 0 Å². The first kappa shape index (κ1) is 31.6. The third-order valence-electron chi connectivity index (χ3n) is 5.72. The second kappa shape index (κ2) is 20.0. The van der Waals surface area contributed by atoms with Crippen molar-refractivity contribution in [3.63, 3.8) is 0 Å². The van der Waals surface area contributed by atoms with Gasteiger partial charge in [-0.1, -0.05) is 71.1 Å². The minimum absolute atomic E-state index is 0.0180. The zero-order valence-corrected chi connectivity index (χ0v) is 20.9. The van der Waals surface area contributed by atoms with E-state index in [2.05, 4.69) is 17.6 Å². The number of aliphatic carboxylic acids is 2. The number of carboxylic acid groups (broad SMARTS) is 2. The molecule has 0 radical (unpaired) electrons. The normalized spacial score (nSPS) is 12.5. The lowest BCUT2D eigenvalue weighted by Crippen LogP contribution is -2.44. The van der Waals surface area contributed by atoms with Crippen LogP contribution >= 0.6 is 0 Å². The third-order valence-corrected chi connectivity index (χ3v) is 5.72. The molecule has 0 aromatic carbocycles. The number of rotatable bonds is 22. The molecule has 2 amide bonds. The number of carbonyl (C=O) groups is 5. The summed E-state index contributed by atoms with van der Waals surface area (Å²) in [4.78, 5) is 57.8. The Morgan fingerprint density at radius 3 is 1.38 bits per heavy atom. The highest BCUT2D eigenvalue weighted by atomic mass is 16.4. The largest absolute Gasteiger partial charge is 0.480 e. The van der Waals surface area contributed by atoms with Crippen molar-refractivity contribution >= 4 is 29.5 Å². The van der Waals surface area contributed by atoms with Gasteiger partial charge in [0.2, 0.25) is 11.8 Å². The van der Waals surface area contributed by atoms with Gasteiger partial charge in [-0.25, -0.2) is 9.59 Å². The Hall–Kier alpha value is -2.45. The van der Waals surface area contributed by atoms with Crippen LogP contribution in [0, 0.1) is 0 Å². The van der Waals surface area contributed by atoms with Crippen molar-refractivity contribution in [2.24, 2.45) is 0 Å². The first-order chi connectivity index (χ1) is 16.2. The molecule has 4 N–H and O–H groups in total. The van der Waals surface area contributed by atoms with Crippen LogP contribution in [0.15, 0.2) is 0 Å². The molecule has 0 saturated carbocycles. The molecule has 0 saturated heterocycles. The molecule has 196 valence electrons. The third kappa shape index (κ3) is 18.0. The smallest absolute Gasteiger partial charge is 0.326 e. The second-order valence-electron chi connectivity index (χ2n) is 8.98.